The van der Waals surface area contributed by atoms with E-state index in [0.29, 0.717) is 23.9 Å². The van der Waals surface area contributed by atoms with Crippen molar-refractivity contribution in [1.82, 2.24) is 9.80 Å². The Balaban J connectivity index is 1.46. The van der Waals surface area contributed by atoms with Crippen molar-refractivity contribution < 1.29 is 28.5 Å². The van der Waals surface area contributed by atoms with Crippen LogP contribution in [0.5, 0.6) is 28.7 Å². The van der Waals surface area contributed by atoms with Gasteiger partial charge in [-0.25, -0.2) is 0 Å². The van der Waals surface area contributed by atoms with Crippen molar-refractivity contribution >= 4 is 5.97 Å². The van der Waals surface area contributed by atoms with Gasteiger partial charge in [0.2, 0.25) is 5.75 Å². The average Bonchev–Trinajstić information content (AvgIpc) is 2.87. The molecule has 0 aromatic heterocycles. The van der Waals surface area contributed by atoms with Crippen LogP contribution in [0.15, 0.2) is 18.2 Å². The average molecular weight is 501 g/mol. The van der Waals surface area contributed by atoms with Gasteiger partial charge in [-0.2, -0.15) is 0 Å². The zero-order chi connectivity index (χ0) is 26.2. The van der Waals surface area contributed by atoms with Crippen molar-refractivity contribution in [1.29, 1.82) is 0 Å². The molecule has 8 heteroatoms. The molecule has 198 valence electrons. The maximum absolute atomic E-state index is 11.4. The van der Waals surface area contributed by atoms with E-state index >= 15 is 0 Å². The second kappa shape index (κ2) is 12.8. The van der Waals surface area contributed by atoms with Crippen molar-refractivity contribution in [2.45, 2.75) is 40.7 Å². The molecule has 2 aromatic carbocycles. The van der Waals surface area contributed by atoms with E-state index in [2.05, 4.69) is 9.80 Å². The maximum Gasteiger partial charge on any atom is 0.308 e. The van der Waals surface area contributed by atoms with E-state index < -0.39 is 0 Å². The van der Waals surface area contributed by atoms with Crippen molar-refractivity contribution in [2.75, 3.05) is 60.7 Å². The highest BCUT2D eigenvalue weighted by atomic mass is 16.5. The third-order valence-electron chi connectivity index (χ3n) is 6.75. The Morgan fingerprint density at radius 2 is 1.50 bits per heavy atom. The summed E-state index contributed by atoms with van der Waals surface area (Å²) in [7, 11) is 4.93. The minimum atomic E-state index is -0.308. The van der Waals surface area contributed by atoms with Crippen molar-refractivity contribution in [2.24, 2.45) is 0 Å². The Kier molecular flexibility index (Phi) is 9.84. The van der Waals surface area contributed by atoms with E-state index in [1.165, 1.54) is 6.92 Å². The fraction of sp³-hybridized carbons (Fsp3) is 0.536. The summed E-state index contributed by atoms with van der Waals surface area (Å²) in [6, 6.07) is 5.94. The molecule has 1 aliphatic rings. The number of hydrogen-bond donors (Lipinski definition) is 0. The number of carbonyl (C=O) groups excluding carboxylic acids is 1. The molecular formula is C28H40N2O6. The monoisotopic (exact) mass is 500 g/mol. The molecule has 2 aromatic rings. The maximum atomic E-state index is 11.4. The van der Waals surface area contributed by atoms with Gasteiger partial charge in [-0.3, -0.25) is 9.69 Å². The molecule has 8 nitrogen and oxygen atoms in total. The van der Waals surface area contributed by atoms with Crippen molar-refractivity contribution in [3.05, 3.63) is 40.5 Å². The molecule has 1 saturated heterocycles. The highest BCUT2D eigenvalue weighted by Crippen LogP contribution is 2.40. The fourth-order valence-corrected chi connectivity index (χ4v) is 4.64. The van der Waals surface area contributed by atoms with E-state index in [9.17, 15) is 4.79 Å². The molecule has 0 N–H and O–H groups in total. The largest absolute Gasteiger partial charge is 0.493 e. The van der Waals surface area contributed by atoms with E-state index in [1.54, 1.807) is 21.3 Å². The van der Waals surface area contributed by atoms with Gasteiger partial charge in [0.1, 0.15) is 11.5 Å². The molecule has 36 heavy (non-hydrogen) atoms. The number of aryl methyl sites for hydroxylation is 1. The van der Waals surface area contributed by atoms with Crippen LogP contribution in [0, 0.1) is 20.8 Å². The Labute approximate surface area is 215 Å². The van der Waals surface area contributed by atoms with Crippen molar-refractivity contribution in [3.63, 3.8) is 0 Å². The Hall–Kier alpha value is -2.97. The third-order valence-corrected chi connectivity index (χ3v) is 6.75. The van der Waals surface area contributed by atoms with Gasteiger partial charge >= 0.3 is 5.97 Å². The molecule has 1 heterocycles. The van der Waals surface area contributed by atoms with Crippen LogP contribution < -0.4 is 23.7 Å². The predicted octanol–water partition coefficient (Wildman–Crippen LogP) is 4.15. The summed E-state index contributed by atoms with van der Waals surface area (Å²) < 4.78 is 28.0. The molecule has 0 unspecified atom stereocenters. The van der Waals surface area contributed by atoms with Gasteiger partial charge in [0.25, 0.3) is 0 Å². The summed E-state index contributed by atoms with van der Waals surface area (Å²) in [6.45, 7) is 13.8. The van der Waals surface area contributed by atoms with Gasteiger partial charge in [0.05, 0.1) is 27.9 Å². The van der Waals surface area contributed by atoms with Crippen LogP contribution in [0.3, 0.4) is 0 Å². The molecule has 0 aliphatic carbocycles. The van der Waals surface area contributed by atoms with Crippen LogP contribution in [0.25, 0.3) is 0 Å². The first-order chi connectivity index (χ1) is 17.3. The standard InChI is InChI=1S/C28H40N2O6/c1-19-17-25(20(2)21(3)26(19)36-22(4)31)35-16-8-11-29-12-14-30(15-13-29)18-23-9-10-24(32-5)28(34-7)27(23)33-6/h9-10,17H,8,11-16,18H2,1-7H3. The molecule has 1 aliphatic heterocycles. The van der Waals surface area contributed by atoms with Gasteiger partial charge in [-0.1, -0.05) is 6.07 Å². The lowest BCUT2D eigenvalue weighted by Gasteiger charge is -2.35. The summed E-state index contributed by atoms with van der Waals surface area (Å²) in [5.74, 6) is 3.23. The van der Waals surface area contributed by atoms with Gasteiger partial charge in [-0.05, 0) is 56.0 Å². The number of nitrogens with zero attached hydrogens (tertiary/aromatic N) is 2. The second-order valence-electron chi connectivity index (χ2n) is 9.18. The molecule has 0 bridgehead atoms. The molecule has 0 radical (unpaired) electrons. The summed E-state index contributed by atoms with van der Waals surface area (Å²) in [6.07, 6.45) is 0.951. The summed E-state index contributed by atoms with van der Waals surface area (Å²) in [5, 5.41) is 0. The summed E-state index contributed by atoms with van der Waals surface area (Å²) in [5.41, 5.74) is 3.96. The summed E-state index contributed by atoms with van der Waals surface area (Å²) >= 11 is 0. The first kappa shape index (κ1) is 27.6. The number of methoxy groups -OCH3 is 3. The van der Waals surface area contributed by atoms with E-state index in [1.807, 2.05) is 39.0 Å². The van der Waals surface area contributed by atoms with Crippen LogP contribution >= 0.6 is 0 Å². The third kappa shape index (κ3) is 6.62. The van der Waals surface area contributed by atoms with Gasteiger partial charge in [0, 0.05) is 51.8 Å². The Bertz CT molecular complexity index is 1050. The number of piperazine rings is 1. The van der Waals surface area contributed by atoms with Gasteiger partial charge < -0.3 is 28.6 Å². The number of benzene rings is 2. The lowest BCUT2D eigenvalue weighted by atomic mass is 10.0. The number of ether oxygens (including phenoxy) is 5. The minimum absolute atomic E-state index is 0.308. The number of esters is 1. The number of rotatable bonds is 11. The molecule has 0 saturated carbocycles. The first-order valence-corrected chi connectivity index (χ1v) is 12.4. The van der Waals surface area contributed by atoms with E-state index in [4.69, 9.17) is 23.7 Å². The molecular weight excluding hydrogens is 460 g/mol. The van der Waals surface area contributed by atoms with Gasteiger partial charge in [0.15, 0.2) is 11.5 Å². The van der Waals surface area contributed by atoms with Crippen molar-refractivity contribution in [3.8, 4) is 28.7 Å². The highest BCUT2D eigenvalue weighted by molar-refractivity contribution is 5.71. The van der Waals surface area contributed by atoms with Crippen LogP contribution in [0.1, 0.15) is 35.6 Å². The normalized spacial score (nSPS) is 14.4. The molecule has 1 fully saturated rings. The Morgan fingerprint density at radius 3 is 2.11 bits per heavy atom. The topological polar surface area (TPSA) is 69.7 Å². The molecule has 0 atom stereocenters. The Morgan fingerprint density at radius 1 is 0.833 bits per heavy atom. The zero-order valence-corrected chi connectivity index (χ0v) is 22.7. The minimum Gasteiger partial charge on any atom is -0.493 e. The van der Waals surface area contributed by atoms with E-state index in [-0.39, 0.29) is 5.97 Å². The van der Waals surface area contributed by atoms with Crippen LogP contribution in [0.4, 0.5) is 0 Å². The SMILES string of the molecule is COc1ccc(CN2CCN(CCCOc3cc(C)c(OC(C)=O)c(C)c3C)CC2)c(OC)c1OC. The van der Waals surface area contributed by atoms with Crippen LogP contribution in [0.2, 0.25) is 0 Å². The lowest BCUT2D eigenvalue weighted by Crippen LogP contribution is -2.46. The number of carbonyl (C=O) groups is 1. The lowest BCUT2D eigenvalue weighted by molar-refractivity contribution is -0.131. The fourth-order valence-electron chi connectivity index (χ4n) is 4.64. The molecule has 0 amide bonds. The number of hydrogen-bond acceptors (Lipinski definition) is 8. The molecule has 0 spiro atoms. The van der Waals surface area contributed by atoms with Crippen LogP contribution in [-0.4, -0.2) is 76.4 Å². The predicted molar refractivity (Wildman–Crippen MR) is 140 cm³/mol. The zero-order valence-electron chi connectivity index (χ0n) is 22.7. The smallest absolute Gasteiger partial charge is 0.308 e. The van der Waals surface area contributed by atoms with Crippen LogP contribution in [-0.2, 0) is 11.3 Å². The highest BCUT2D eigenvalue weighted by Gasteiger charge is 2.21. The van der Waals surface area contributed by atoms with Gasteiger partial charge in [-0.15, -0.1) is 0 Å². The molecule has 3 rings (SSSR count). The first-order valence-electron chi connectivity index (χ1n) is 12.4. The second-order valence-corrected chi connectivity index (χ2v) is 9.18. The quantitative estimate of drug-likeness (QED) is 0.259. The summed E-state index contributed by atoms with van der Waals surface area (Å²) in [4.78, 5) is 16.3. The van der Waals surface area contributed by atoms with E-state index in [0.717, 1.165) is 79.4 Å².